The molecule has 1 saturated carbocycles. The lowest BCUT2D eigenvalue weighted by Gasteiger charge is -2.27. The topological polar surface area (TPSA) is 43.0 Å². The van der Waals surface area contributed by atoms with Crippen molar-refractivity contribution in [2.75, 3.05) is 34.4 Å². The lowest BCUT2D eigenvalue weighted by atomic mass is 10.0. The van der Waals surface area contributed by atoms with Crippen molar-refractivity contribution in [2.45, 2.75) is 18.4 Å². The zero-order valence-corrected chi connectivity index (χ0v) is 16.1. The second-order valence-corrected chi connectivity index (χ2v) is 7.26. The third-order valence-electron chi connectivity index (χ3n) is 5.10. The normalized spacial score (nSPS) is 20.0. The Labute approximate surface area is 160 Å². The summed E-state index contributed by atoms with van der Waals surface area (Å²) < 4.78 is 12.1. The number of methoxy groups -OCH3 is 1. The molecule has 0 amide bonds. The third-order valence-corrected chi connectivity index (χ3v) is 5.10. The average Bonchev–Trinajstić information content (AvgIpc) is 3.42. The average molecular weight is 366 g/mol. The zero-order valence-electron chi connectivity index (χ0n) is 16.1. The van der Waals surface area contributed by atoms with Crippen molar-refractivity contribution >= 4 is 5.70 Å². The van der Waals surface area contributed by atoms with Crippen LogP contribution in [-0.4, -0.2) is 39.3 Å². The number of fused-ring (bicyclic) bond motifs is 2. The summed E-state index contributed by atoms with van der Waals surface area (Å²) in [6.45, 7) is 1.65. The number of ether oxygens (including phenoxy) is 2. The quantitative estimate of drug-likeness (QED) is 0.571. The first-order valence-electron chi connectivity index (χ1n) is 9.34. The Morgan fingerprint density at radius 1 is 1.11 bits per heavy atom. The molecule has 0 saturated heterocycles. The van der Waals surface area contributed by atoms with E-state index < -0.39 is 5.60 Å². The highest BCUT2D eigenvalue weighted by molar-refractivity contribution is 5.80. The maximum atomic E-state index is 6.47. The largest absolute Gasteiger partial charge is 0.496 e. The van der Waals surface area contributed by atoms with E-state index in [1.54, 1.807) is 7.11 Å². The van der Waals surface area contributed by atoms with Gasteiger partial charge < -0.3 is 14.4 Å². The van der Waals surface area contributed by atoms with Gasteiger partial charge in [-0.2, -0.15) is 0 Å². The summed E-state index contributed by atoms with van der Waals surface area (Å²) in [7, 11) is 5.84. The number of hydroxylamine groups is 1. The van der Waals surface area contributed by atoms with Gasteiger partial charge in [-0.05, 0) is 45.3 Å². The van der Waals surface area contributed by atoms with E-state index in [4.69, 9.17) is 14.3 Å². The third kappa shape index (κ3) is 3.29. The minimum absolute atomic E-state index is 0.462. The fourth-order valence-electron chi connectivity index (χ4n) is 3.69. The maximum absolute atomic E-state index is 6.47. The number of benzene rings is 2. The van der Waals surface area contributed by atoms with E-state index in [9.17, 15) is 0 Å². The van der Waals surface area contributed by atoms with Crippen LogP contribution in [0.1, 0.15) is 24.0 Å². The summed E-state index contributed by atoms with van der Waals surface area (Å²) in [5, 5.41) is 0. The molecule has 142 valence electrons. The molecule has 1 aliphatic heterocycles. The molecule has 2 aliphatic rings. The molecule has 1 unspecified atom stereocenters. The van der Waals surface area contributed by atoms with E-state index in [1.165, 1.54) is 5.57 Å². The molecule has 1 aliphatic carbocycles. The van der Waals surface area contributed by atoms with Gasteiger partial charge in [0, 0.05) is 23.1 Å². The first-order chi connectivity index (χ1) is 13.2. The molecular weight excluding hydrogens is 340 g/mol. The molecule has 4 rings (SSSR count). The van der Waals surface area contributed by atoms with Crippen LogP contribution in [0.25, 0.3) is 5.70 Å². The van der Waals surface area contributed by atoms with Crippen LogP contribution < -0.4 is 15.0 Å². The van der Waals surface area contributed by atoms with Crippen molar-refractivity contribution in [3.05, 3.63) is 65.2 Å². The highest BCUT2D eigenvalue weighted by Crippen LogP contribution is 2.62. The molecule has 0 radical (unpaired) electrons. The first-order valence-corrected chi connectivity index (χ1v) is 9.34. The Hall–Kier alpha value is -2.50. The summed E-state index contributed by atoms with van der Waals surface area (Å²) in [5.41, 5.74) is 7.08. The Kier molecular flexibility index (Phi) is 4.81. The molecule has 0 bridgehead atoms. The Morgan fingerprint density at radius 2 is 1.89 bits per heavy atom. The molecule has 2 aromatic carbocycles. The number of rotatable bonds is 8. The number of nitrogens with zero attached hydrogens (tertiary/aromatic N) is 1. The standard InChI is InChI=1S/C22H26N2O3/c1-24(2)13-8-14-26-23-21-16-9-4-6-11-19(16)27-22(15-18(21)22)17-10-5-7-12-20(17)25-3/h4-7,9-12,23H,8,13-15H2,1-3H3. The second kappa shape index (κ2) is 7.25. The Bertz CT molecular complexity index is 862. The van der Waals surface area contributed by atoms with Crippen molar-refractivity contribution in [3.63, 3.8) is 0 Å². The first kappa shape index (κ1) is 17.9. The fraction of sp³-hybridized carbons (Fsp3) is 0.364. The summed E-state index contributed by atoms with van der Waals surface area (Å²) in [6.07, 6.45) is 1.80. The van der Waals surface area contributed by atoms with Crippen LogP contribution in [-0.2, 0) is 10.4 Å². The number of nitrogens with one attached hydrogen (secondary N) is 1. The van der Waals surface area contributed by atoms with Crippen LogP contribution in [0.2, 0.25) is 0 Å². The summed E-state index contributed by atoms with van der Waals surface area (Å²) >= 11 is 0. The maximum Gasteiger partial charge on any atom is 0.165 e. The summed E-state index contributed by atoms with van der Waals surface area (Å²) in [6, 6.07) is 16.2. The van der Waals surface area contributed by atoms with Gasteiger partial charge in [-0.25, -0.2) is 0 Å². The molecule has 0 aromatic heterocycles. The van der Waals surface area contributed by atoms with Crippen molar-refractivity contribution in [1.29, 1.82) is 0 Å². The van der Waals surface area contributed by atoms with E-state index >= 15 is 0 Å². The number of hydrogen-bond donors (Lipinski definition) is 1. The smallest absolute Gasteiger partial charge is 0.165 e. The minimum atomic E-state index is -0.462. The monoisotopic (exact) mass is 366 g/mol. The highest BCUT2D eigenvalue weighted by atomic mass is 16.6. The van der Waals surface area contributed by atoms with Gasteiger partial charge in [0.2, 0.25) is 0 Å². The Morgan fingerprint density at radius 3 is 2.70 bits per heavy atom. The van der Waals surface area contributed by atoms with Gasteiger partial charge in [0.15, 0.2) is 5.60 Å². The number of hydrogen-bond acceptors (Lipinski definition) is 5. The van der Waals surface area contributed by atoms with Crippen LogP contribution >= 0.6 is 0 Å². The van der Waals surface area contributed by atoms with Gasteiger partial charge in [0.05, 0.1) is 19.4 Å². The molecule has 5 heteroatoms. The van der Waals surface area contributed by atoms with Crippen LogP contribution in [0.15, 0.2) is 54.1 Å². The molecule has 1 heterocycles. The van der Waals surface area contributed by atoms with E-state index in [2.05, 4.69) is 36.6 Å². The van der Waals surface area contributed by atoms with Crippen LogP contribution in [0.3, 0.4) is 0 Å². The molecule has 5 nitrogen and oxygen atoms in total. The molecule has 0 spiro atoms. The van der Waals surface area contributed by atoms with Crippen molar-refractivity contribution in [1.82, 2.24) is 10.4 Å². The summed E-state index contributed by atoms with van der Waals surface area (Å²) in [4.78, 5) is 7.95. The van der Waals surface area contributed by atoms with E-state index in [1.807, 2.05) is 36.4 Å². The second-order valence-electron chi connectivity index (χ2n) is 7.26. The van der Waals surface area contributed by atoms with Gasteiger partial charge in [-0.15, -0.1) is 0 Å². The van der Waals surface area contributed by atoms with Crippen LogP contribution in [0.4, 0.5) is 0 Å². The Balaban J connectivity index is 1.62. The predicted octanol–water partition coefficient (Wildman–Crippen LogP) is 3.57. The zero-order chi connectivity index (χ0) is 18.9. The van der Waals surface area contributed by atoms with Crippen molar-refractivity contribution in [3.8, 4) is 11.5 Å². The molecule has 1 atom stereocenters. The van der Waals surface area contributed by atoms with Crippen molar-refractivity contribution in [2.24, 2.45) is 0 Å². The fourth-order valence-corrected chi connectivity index (χ4v) is 3.69. The lowest BCUT2D eigenvalue weighted by Crippen LogP contribution is -2.25. The molecule has 1 fully saturated rings. The van der Waals surface area contributed by atoms with Gasteiger partial charge in [0.1, 0.15) is 11.5 Å². The van der Waals surface area contributed by atoms with E-state index in [0.717, 1.165) is 47.7 Å². The lowest BCUT2D eigenvalue weighted by molar-refractivity contribution is 0.0707. The SMILES string of the molecule is COc1ccccc1C12CC1=C(NOCCCN(C)C)c1ccccc1O2. The minimum Gasteiger partial charge on any atom is -0.496 e. The summed E-state index contributed by atoms with van der Waals surface area (Å²) in [5.74, 6) is 1.71. The predicted molar refractivity (Wildman–Crippen MR) is 106 cm³/mol. The molecular formula is C22H26N2O3. The molecule has 27 heavy (non-hydrogen) atoms. The van der Waals surface area contributed by atoms with E-state index in [-0.39, 0.29) is 0 Å². The van der Waals surface area contributed by atoms with Crippen LogP contribution in [0, 0.1) is 0 Å². The van der Waals surface area contributed by atoms with Gasteiger partial charge in [0.25, 0.3) is 0 Å². The van der Waals surface area contributed by atoms with Crippen LogP contribution in [0.5, 0.6) is 11.5 Å². The molecule has 2 aromatic rings. The van der Waals surface area contributed by atoms with Gasteiger partial charge >= 0.3 is 0 Å². The number of para-hydroxylation sites is 2. The van der Waals surface area contributed by atoms with E-state index in [0.29, 0.717) is 6.61 Å². The van der Waals surface area contributed by atoms with Gasteiger partial charge in [-0.3, -0.25) is 10.3 Å². The van der Waals surface area contributed by atoms with Crippen molar-refractivity contribution < 1.29 is 14.3 Å². The molecule has 1 N–H and O–H groups in total. The van der Waals surface area contributed by atoms with Gasteiger partial charge in [-0.1, -0.05) is 30.3 Å². The highest BCUT2D eigenvalue weighted by Gasteiger charge is 2.59.